The van der Waals surface area contributed by atoms with Crippen LogP contribution in [-0.2, 0) is 14.4 Å². The molecule has 0 N–H and O–H groups in total. The van der Waals surface area contributed by atoms with E-state index in [0.717, 1.165) is 10.5 Å². The zero-order valence-electron chi connectivity index (χ0n) is 13.4. The summed E-state index contributed by atoms with van der Waals surface area (Å²) in [7, 11) is 0. The first-order valence-electron chi connectivity index (χ1n) is 8.14. The number of nitrogens with zero attached hydrogens (tertiary/aromatic N) is 1. The number of likely N-dealkylation sites (tertiary alicyclic amines) is 1. The standard InChI is InChI=1S/C18H16ClNO5/c19-16(22)17(23)20-15(21)6-8-18(20)7-2-1-3-12(18)11-4-5-13-14(9-11)25-10-24-13/h1-2,4-5,9,12H,3,6-8,10H2/t12-,18+/m0/s1. The maximum Gasteiger partial charge on any atom is 0.313 e. The van der Waals surface area contributed by atoms with Crippen molar-refractivity contribution in [2.45, 2.75) is 37.1 Å². The third-order valence-electron chi connectivity index (χ3n) is 5.30. The fourth-order valence-electron chi connectivity index (χ4n) is 4.18. The van der Waals surface area contributed by atoms with Crippen LogP contribution in [0.1, 0.15) is 37.2 Å². The predicted molar refractivity (Wildman–Crippen MR) is 88.4 cm³/mol. The molecule has 1 aliphatic carbocycles. The molecule has 1 aromatic carbocycles. The van der Waals surface area contributed by atoms with Crippen molar-refractivity contribution in [3.63, 3.8) is 0 Å². The highest BCUT2D eigenvalue weighted by Gasteiger charge is 2.54. The number of rotatable bonds is 2. The van der Waals surface area contributed by atoms with E-state index in [1.54, 1.807) is 0 Å². The van der Waals surface area contributed by atoms with Gasteiger partial charge in [0.2, 0.25) is 12.7 Å². The molecule has 0 unspecified atom stereocenters. The number of hydrogen-bond donors (Lipinski definition) is 0. The monoisotopic (exact) mass is 361 g/mol. The molecule has 6 nitrogen and oxygen atoms in total. The molecule has 1 aromatic rings. The molecule has 2 amide bonds. The first-order chi connectivity index (χ1) is 12.0. The number of amides is 2. The van der Waals surface area contributed by atoms with E-state index in [-0.39, 0.29) is 25.0 Å². The summed E-state index contributed by atoms with van der Waals surface area (Å²) in [5, 5.41) is -1.13. The van der Waals surface area contributed by atoms with Crippen molar-refractivity contribution < 1.29 is 23.9 Å². The van der Waals surface area contributed by atoms with Crippen molar-refractivity contribution in [3.8, 4) is 11.5 Å². The maximum atomic E-state index is 12.4. The molecule has 0 radical (unpaired) electrons. The average molecular weight is 362 g/mol. The molecule has 3 aliphatic rings. The molecule has 0 bridgehead atoms. The Morgan fingerprint density at radius 1 is 1.20 bits per heavy atom. The van der Waals surface area contributed by atoms with Crippen LogP contribution in [-0.4, -0.2) is 34.3 Å². The van der Waals surface area contributed by atoms with Gasteiger partial charge in [0.25, 0.3) is 0 Å². The Labute approximate surface area is 149 Å². The zero-order valence-corrected chi connectivity index (χ0v) is 14.1. The van der Waals surface area contributed by atoms with Crippen molar-refractivity contribution in [3.05, 3.63) is 35.9 Å². The van der Waals surface area contributed by atoms with E-state index in [2.05, 4.69) is 0 Å². The summed E-state index contributed by atoms with van der Waals surface area (Å²) >= 11 is 5.41. The van der Waals surface area contributed by atoms with Gasteiger partial charge in [-0.3, -0.25) is 19.3 Å². The molecule has 0 aromatic heterocycles. The van der Waals surface area contributed by atoms with Gasteiger partial charge in [0.05, 0.1) is 5.54 Å². The van der Waals surface area contributed by atoms with Crippen LogP contribution in [0.4, 0.5) is 0 Å². The molecule has 4 rings (SSSR count). The summed E-state index contributed by atoms with van der Waals surface area (Å²) < 4.78 is 10.8. The van der Waals surface area contributed by atoms with E-state index in [9.17, 15) is 14.4 Å². The third kappa shape index (κ3) is 2.43. The smallest absolute Gasteiger partial charge is 0.313 e. The lowest BCUT2D eigenvalue weighted by molar-refractivity contribution is -0.152. The molecule has 2 atom stereocenters. The van der Waals surface area contributed by atoms with E-state index in [0.29, 0.717) is 30.8 Å². The minimum atomic E-state index is -1.13. The molecule has 130 valence electrons. The minimum Gasteiger partial charge on any atom is -0.454 e. The Morgan fingerprint density at radius 2 is 2.00 bits per heavy atom. The van der Waals surface area contributed by atoms with Crippen LogP contribution in [0.2, 0.25) is 0 Å². The summed E-state index contributed by atoms with van der Waals surface area (Å²) in [6, 6.07) is 5.65. The van der Waals surface area contributed by atoms with Gasteiger partial charge in [-0.25, -0.2) is 0 Å². The van der Waals surface area contributed by atoms with Gasteiger partial charge >= 0.3 is 11.1 Å². The normalized spacial score (nSPS) is 27.2. The second kappa shape index (κ2) is 5.88. The topological polar surface area (TPSA) is 72.9 Å². The molecule has 1 saturated heterocycles. The molecular weight excluding hydrogens is 346 g/mol. The number of fused-ring (bicyclic) bond motifs is 1. The van der Waals surface area contributed by atoms with Crippen LogP contribution in [0.5, 0.6) is 11.5 Å². The van der Waals surface area contributed by atoms with Gasteiger partial charge in [0.15, 0.2) is 11.5 Å². The van der Waals surface area contributed by atoms with Crippen LogP contribution >= 0.6 is 11.6 Å². The Kier molecular flexibility index (Phi) is 3.80. The number of hydrogen-bond acceptors (Lipinski definition) is 5. The van der Waals surface area contributed by atoms with Gasteiger partial charge in [-0.05, 0) is 48.6 Å². The van der Waals surface area contributed by atoms with Crippen LogP contribution in [0, 0.1) is 0 Å². The van der Waals surface area contributed by atoms with Gasteiger partial charge in [-0.15, -0.1) is 0 Å². The number of benzene rings is 1. The van der Waals surface area contributed by atoms with Gasteiger partial charge in [0, 0.05) is 12.3 Å². The Hall–Kier alpha value is -2.34. The van der Waals surface area contributed by atoms with E-state index >= 15 is 0 Å². The average Bonchev–Trinajstić information content (AvgIpc) is 3.19. The summed E-state index contributed by atoms with van der Waals surface area (Å²) in [4.78, 5) is 37.3. The van der Waals surface area contributed by atoms with Gasteiger partial charge in [-0.1, -0.05) is 18.2 Å². The van der Waals surface area contributed by atoms with Crippen LogP contribution < -0.4 is 9.47 Å². The largest absolute Gasteiger partial charge is 0.454 e. The summed E-state index contributed by atoms with van der Waals surface area (Å²) in [5.41, 5.74) is 0.185. The fraction of sp³-hybridized carbons (Fsp3) is 0.389. The molecule has 2 aliphatic heterocycles. The number of halogens is 1. The number of ether oxygens (including phenoxy) is 2. The summed E-state index contributed by atoms with van der Waals surface area (Å²) in [6.07, 6.45) is 5.90. The quantitative estimate of drug-likeness (QED) is 0.459. The van der Waals surface area contributed by atoms with E-state index in [1.807, 2.05) is 30.4 Å². The van der Waals surface area contributed by atoms with E-state index in [4.69, 9.17) is 21.1 Å². The van der Waals surface area contributed by atoms with Crippen molar-refractivity contribution in [2.75, 3.05) is 6.79 Å². The Bertz CT molecular complexity index is 805. The Balaban J connectivity index is 1.78. The van der Waals surface area contributed by atoms with E-state index in [1.165, 1.54) is 0 Å². The molecule has 0 saturated carbocycles. The highest BCUT2D eigenvalue weighted by molar-refractivity contribution is 6.81. The highest BCUT2D eigenvalue weighted by Crippen LogP contribution is 2.50. The molecule has 1 spiro atoms. The minimum absolute atomic E-state index is 0.126. The van der Waals surface area contributed by atoms with Crippen LogP contribution in [0.25, 0.3) is 0 Å². The summed E-state index contributed by atoms with van der Waals surface area (Å²) in [5.74, 6) is -0.0861. The number of allylic oxidation sites excluding steroid dienone is 1. The van der Waals surface area contributed by atoms with Crippen molar-refractivity contribution >= 4 is 28.7 Å². The van der Waals surface area contributed by atoms with Gasteiger partial charge in [-0.2, -0.15) is 0 Å². The maximum absolute atomic E-state index is 12.4. The van der Waals surface area contributed by atoms with Crippen LogP contribution in [0.15, 0.2) is 30.4 Å². The SMILES string of the molecule is O=C(Cl)C(=O)N1C(=O)CC[C@@]12CC=CC[C@H]2c1ccc2c(c1)OCO2. The predicted octanol–water partition coefficient (Wildman–Crippen LogP) is 2.50. The second-order valence-corrected chi connectivity index (χ2v) is 6.83. The van der Waals surface area contributed by atoms with Gasteiger partial charge < -0.3 is 9.47 Å². The van der Waals surface area contributed by atoms with Crippen LogP contribution in [0.3, 0.4) is 0 Å². The van der Waals surface area contributed by atoms with Gasteiger partial charge in [0.1, 0.15) is 0 Å². The first kappa shape index (κ1) is 16.1. The highest BCUT2D eigenvalue weighted by atomic mass is 35.5. The summed E-state index contributed by atoms with van der Waals surface area (Å²) in [6.45, 7) is 0.179. The Morgan fingerprint density at radius 3 is 2.80 bits per heavy atom. The molecule has 1 fully saturated rings. The lowest BCUT2D eigenvalue weighted by atomic mass is 9.70. The third-order valence-corrected chi connectivity index (χ3v) is 5.46. The van der Waals surface area contributed by atoms with Crippen molar-refractivity contribution in [1.82, 2.24) is 4.90 Å². The second-order valence-electron chi connectivity index (χ2n) is 6.49. The first-order valence-corrected chi connectivity index (χ1v) is 8.52. The van der Waals surface area contributed by atoms with E-state index < -0.39 is 16.7 Å². The molecular formula is C18H16ClNO5. The fourth-order valence-corrected chi connectivity index (χ4v) is 4.26. The lowest BCUT2D eigenvalue weighted by Gasteiger charge is -2.44. The van der Waals surface area contributed by atoms with Crippen molar-refractivity contribution in [1.29, 1.82) is 0 Å². The lowest BCUT2D eigenvalue weighted by Crippen LogP contribution is -2.54. The van der Waals surface area contributed by atoms with Crippen molar-refractivity contribution in [2.24, 2.45) is 0 Å². The molecule has 2 heterocycles. The number of carbonyl (C=O) groups is 3. The molecule has 25 heavy (non-hydrogen) atoms. The number of carbonyl (C=O) groups excluding carboxylic acids is 3. The zero-order chi connectivity index (χ0) is 17.6. The molecule has 7 heteroatoms. The number of imide groups is 1.